The molecule has 142 valence electrons. The minimum absolute atomic E-state index is 0.198. The van der Waals surface area contributed by atoms with Gasteiger partial charge in [0.25, 0.3) is 5.91 Å². The van der Waals surface area contributed by atoms with E-state index < -0.39 is 0 Å². The van der Waals surface area contributed by atoms with Crippen LogP contribution in [-0.2, 0) is 4.79 Å². The Morgan fingerprint density at radius 3 is 2.89 bits per heavy atom. The van der Waals surface area contributed by atoms with Crippen LogP contribution in [0, 0.1) is 0 Å². The van der Waals surface area contributed by atoms with Crippen LogP contribution >= 0.6 is 11.3 Å². The summed E-state index contributed by atoms with van der Waals surface area (Å²) < 4.78 is 13.4. The largest absolute Gasteiger partial charge is 0.494 e. The van der Waals surface area contributed by atoms with Gasteiger partial charge in [0.15, 0.2) is 17.6 Å². The molecule has 4 rings (SSSR count). The lowest BCUT2D eigenvalue weighted by atomic mass is 10.3. The fourth-order valence-electron chi connectivity index (χ4n) is 2.43. The van der Waals surface area contributed by atoms with Gasteiger partial charge in [0.05, 0.1) is 16.8 Å². The molecule has 0 saturated heterocycles. The molecule has 0 aliphatic carbocycles. The van der Waals surface area contributed by atoms with E-state index >= 15 is 0 Å². The number of hydrogen-bond acceptors (Lipinski definition) is 8. The Balaban J connectivity index is 1.34. The average molecular weight is 396 g/mol. The van der Waals surface area contributed by atoms with E-state index in [1.807, 2.05) is 25.1 Å². The summed E-state index contributed by atoms with van der Waals surface area (Å²) in [5, 5.41) is 15.2. The zero-order valence-corrected chi connectivity index (χ0v) is 15.7. The second-order valence-electron chi connectivity index (χ2n) is 5.60. The van der Waals surface area contributed by atoms with Crippen molar-refractivity contribution in [2.75, 3.05) is 18.5 Å². The summed E-state index contributed by atoms with van der Waals surface area (Å²) in [5.41, 5.74) is 0.796. The van der Waals surface area contributed by atoms with Crippen molar-refractivity contribution < 1.29 is 14.3 Å². The maximum absolute atomic E-state index is 12.1. The van der Waals surface area contributed by atoms with Crippen molar-refractivity contribution in [3.8, 4) is 17.4 Å². The van der Waals surface area contributed by atoms with E-state index in [0.717, 1.165) is 16.0 Å². The minimum atomic E-state index is -0.331. The van der Waals surface area contributed by atoms with Gasteiger partial charge in [0, 0.05) is 18.5 Å². The van der Waals surface area contributed by atoms with Gasteiger partial charge in [-0.15, -0.1) is 10.2 Å². The van der Waals surface area contributed by atoms with Gasteiger partial charge in [-0.1, -0.05) is 11.3 Å². The SMILES string of the molecule is CCOc1ccc2nc(NC(=O)COc3ccc(-n4cccn4)nn3)sc2c1. The van der Waals surface area contributed by atoms with Crippen LogP contribution in [0.15, 0.2) is 48.8 Å². The summed E-state index contributed by atoms with van der Waals surface area (Å²) in [4.78, 5) is 16.5. The first-order chi connectivity index (χ1) is 13.7. The number of anilines is 1. The number of nitrogens with zero attached hydrogens (tertiary/aromatic N) is 5. The number of carbonyl (C=O) groups excluding carboxylic acids is 1. The van der Waals surface area contributed by atoms with Gasteiger partial charge in [-0.25, -0.2) is 9.67 Å². The van der Waals surface area contributed by atoms with Crippen LogP contribution in [0.5, 0.6) is 11.6 Å². The second-order valence-corrected chi connectivity index (χ2v) is 6.63. The quantitative estimate of drug-likeness (QED) is 0.512. The molecule has 0 fully saturated rings. The molecule has 0 spiro atoms. The maximum atomic E-state index is 12.1. The molecule has 28 heavy (non-hydrogen) atoms. The van der Waals surface area contributed by atoms with Crippen LogP contribution in [-0.4, -0.2) is 44.1 Å². The molecule has 0 aliphatic rings. The Hall–Kier alpha value is -3.53. The molecule has 1 aromatic carbocycles. The minimum Gasteiger partial charge on any atom is -0.494 e. The van der Waals surface area contributed by atoms with Crippen LogP contribution < -0.4 is 14.8 Å². The Bertz CT molecular complexity index is 1080. The highest BCUT2D eigenvalue weighted by atomic mass is 32.1. The lowest BCUT2D eigenvalue weighted by Crippen LogP contribution is -2.20. The Kier molecular flexibility index (Phi) is 5.11. The first kappa shape index (κ1) is 17.9. The molecule has 10 heteroatoms. The van der Waals surface area contributed by atoms with E-state index in [4.69, 9.17) is 9.47 Å². The van der Waals surface area contributed by atoms with Crippen molar-refractivity contribution in [3.05, 3.63) is 48.8 Å². The maximum Gasteiger partial charge on any atom is 0.264 e. The smallest absolute Gasteiger partial charge is 0.264 e. The summed E-state index contributed by atoms with van der Waals surface area (Å²) in [6.07, 6.45) is 3.41. The summed E-state index contributed by atoms with van der Waals surface area (Å²) in [5.74, 6) is 1.25. The van der Waals surface area contributed by atoms with E-state index in [1.54, 1.807) is 35.3 Å². The third-order valence-corrected chi connectivity index (χ3v) is 4.57. The van der Waals surface area contributed by atoms with E-state index in [0.29, 0.717) is 17.6 Å². The number of ether oxygens (including phenoxy) is 2. The molecule has 0 radical (unpaired) electrons. The Labute approximate surface area is 164 Å². The monoisotopic (exact) mass is 396 g/mol. The number of hydrogen-bond donors (Lipinski definition) is 1. The lowest BCUT2D eigenvalue weighted by Gasteiger charge is -2.05. The van der Waals surface area contributed by atoms with Crippen molar-refractivity contribution in [1.29, 1.82) is 0 Å². The lowest BCUT2D eigenvalue weighted by molar-refractivity contribution is -0.118. The van der Waals surface area contributed by atoms with Gasteiger partial charge in [-0.05, 0) is 37.3 Å². The molecule has 9 nitrogen and oxygen atoms in total. The van der Waals surface area contributed by atoms with Gasteiger partial charge in [-0.2, -0.15) is 5.10 Å². The number of rotatable bonds is 7. The van der Waals surface area contributed by atoms with E-state index in [9.17, 15) is 4.79 Å². The topological polar surface area (TPSA) is 104 Å². The standard InChI is InChI=1S/C18H16N6O3S/c1-2-26-12-4-5-13-14(10-12)28-18(20-13)21-16(25)11-27-17-7-6-15(22-23-17)24-9-3-8-19-24/h3-10H,2,11H2,1H3,(H,20,21,25). The molecule has 3 heterocycles. The molecule has 0 bridgehead atoms. The Morgan fingerprint density at radius 2 is 2.14 bits per heavy atom. The predicted octanol–water partition coefficient (Wildman–Crippen LogP) is 2.69. The number of aromatic nitrogens is 5. The van der Waals surface area contributed by atoms with E-state index in [-0.39, 0.29) is 18.4 Å². The molecule has 3 aromatic heterocycles. The number of benzene rings is 1. The van der Waals surface area contributed by atoms with Crippen molar-refractivity contribution in [1.82, 2.24) is 25.0 Å². The summed E-state index contributed by atoms with van der Waals surface area (Å²) in [6, 6.07) is 10.7. The van der Waals surface area contributed by atoms with Gasteiger partial charge >= 0.3 is 0 Å². The van der Waals surface area contributed by atoms with Gasteiger partial charge < -0.3 is 9.47 Å². The van der Waals surface area contributed by atoms with Gasteiger partial charge in [-0.3, -0.25) is 10.1 Å². The first-order valence-electron chi connectivity index (χ1n) is 8.51. The summed E-state index contributed by atoms with van der Waals surface area (Å²) in [7, 11) is 0. The van der Waals surface area contributed by atoms with Crippen molar-refractivity contribution in [2.45, 2.75) is 6.92 Å². The average Bonchev–Trinajstić information content (AvgIpc) is 3.36. The predicted molar refractivity (Wildman–Crippen MR) is 104 cm³/mol. The fourth-order valence-corrected chi connectivity index (χ4v) is 3.34. The molecular weight excluding hydrogens is 380 g/mol. The molecule has 0 atom stereocenters. The van der Waals surface area contributed by atoms with Gasteiger partial charge in [0.2, 0.25) is 5.88 Å². The number of carbonyl (C=O) groups is 1. The number of nitrogens with one attached hydrogen (secondary N) is 1. The molecule has 4 aromatic rings. The molecule has 0 unspecified atom stereocenters. The number of thiazole rings is 1. The fraction of sp³-hybridized carbons (Fsp3) is 0.167. The van der Waals surface area contributed by atoms with Crippen molar-refractivity contribution in [2.24, 2.45) is 0 Å². The zero-order valence-electron chi connectivity index (χ0n) is 14.9. The molecule has 1 N–H and O–H groups in total. The van der Waals surface area contributed by atoms with E-state index in [1.165, 1.54) is 11.3 Å². The summed E-state index contributed by atoms with van der Waals surface area (Å²) in [6.45, 7) is 2.32. The van der Waals surface area contributed by atoms with Crippen molar-refractivity contribution >= 4 is 32.6 Å². The summed E-state index contributed by atoms with van der Waals surface area (Å²) >= 11 is 1.37. The van der Waals surface area contributed by atoms with Crippen LogP contribution in [0.25, 0.3) is 16.0 Å². The molecular formula is C18H16N6O3S. The molecule has 1 amide bonds. The van der Waals surface area contributed by atoms with E-state index in [2.05, 4.69) is 25.6 Å². The highest BCUT2D eigenvalue weighted by molar-refractivity contribution is 7.22. The third kappa shape index (κ3) is 4.07. The van der Waals surface area contributed by atoms with Crippen LogP contribution in [0.2, 0.25) is 0 Å². The molecule has 0 aliphatic heterocycles. The van der Waals surface area contributed by atoms with Crippen molar-refractivity contribution in [3.63, 3.8) is 0 Å². The van der Waals surface area contributed by atoms with Crippen LogP contribution in [0.3, 0.4) is 0 Å². The van der Waals surface area contributed by atoms with Crippen LogP contribution in [0.4, 0.5) is 5.13 Å². The Morgan fingerprint density at radius 1 is 1.21 bits per heavy atom. The number of amides is 1. The normalized spacial score (nSPS) is 10.8. The second kappa shape index (κ2) is 8.01. The third-order valence-electron chi connectivity index (χ3n) is 3.63. The highest BCUT2D eigenvalue weighted by Crippen LogP contribution is 2.29. The first-order valence-corrected chi connectivity index (χ1v) is 9.32. The molecule has 0 saturated carbocycles. The highest BCUT2D eigenvalue weighted by Gasteiger charge is 2.10. The van der Waals surface area contributed by atoms with Crippen LogP contribution in [0.1, 0.15) is 6.92 Å². The van der Waals surface area contributed by atoms with Gasteiger partial charge in [0.1, 0.15) is 5.75 Å². The number of fused-ring (bicyclic) bond motifs is 1. The zero-order chi connectivity index (χ0) is 19.3.